The number of nitrogens with one attached hydrogen (secondary N) is 2. The summed E-state index contributed by atoms with van der Waals surface area (Å²) in [7, 11) is 1.64. The maximum atomic E-state index is 14.0. The number of carbonyl (C=O) groups is 5. The van der Waals surface area contributed by atoms with Crippen molar-refractivity contribution in [1.29, 1.82) is 0 Å². The highest BCUT2D eigenvalue weighted by molar-refractivity contribution is 5.99. The molecule has 3 fully saturated rings. The van der Waals surface area contributed by atoms with Crippen molar-refractivity contribution in [2.75, 3.05) is 45.9 Å². The predicted molar refractivity (Wildman–Crippen MR) is 195 cm³/mol. The van der Waals surface area contributed by atoms with E-state index in [1.54, 1.807) is 21.7 Å². The van der Waals surface area contributed by atoms with Crippen LogP contribution >= 0.6 is 0 Å². The summed E-state index contributed by atoms with van der Waals surface area (Å²) < 4.78 is 11.4. The molecule has 54 heavy (non-hydrogen) atoms. The Labute approximate surface area is 314 Å². The number of hydrogen-bond acceptors (Lipinski definition) is 11. The molecule has 17 heteroatoms. The van der Waals surface area contributed by atoms with E-state index in [-0.39, 0.29) is 67.7 Å². The van der Waals surface area contributed by atoms with E-state index < -0.39 is 24.1 Å². The topological polar surface area (TPSA) is 194 Å². The summed E-state index contributed by atoms with van der Waals surface area (Å²) in [5, 5.41) is 18.7. The standard InChI is InChI=1S/C37H50N10O7/c1-4-5-20-53-37(52)46-18-16-45(17-19-46)36(51)27(13-14-32-41-43-44(3)42-32)40-34(49)29-22-31(26-12-11-24(2)21-28(26)39-29)54-23-33(48)47-15-7-10-30(47)35(50)38-25-8-6-9-25/h11-12,21-22,25,27,30H,4-10,13-20,23H2,1-3H3,(H,38,50)(H,40,49)/t27-,30-/m0/s1. The average Bonchev–Trinajstić information content (AvgIpc) is 3.82. The van der Waals surface area contributed by atoms with Gasteiger partial charge >= 0.3 is 6.09 Å². The molecule has 4 heterocycles. The number of amides is 5. The predicted octanol–water partition coefficient (Wildman–Crippen LogP) is 1.92. The van der Waals surface area contributed by atoms with Gasteiger partial charge < -0.3 is 34.8 Å². The number of tetrazole rings is 1. The minimum atomic E-state index is -0.969. The van der Waals surface area contributed by atoms with Crippen LogP contribution in [0.3, 0.4) is 0 Å². The van der Waals surface area contributed by atoms with Crippen LogP contribution in [0.25, 0.3) is 10.9 Å². The van der Waals surface area contributed by atoms with E-state index in [0.29, 0.717) is 49.4 Å². The molecular formula is C37H50N10O7. The highest BCUT2D eigenvalue weighted by atomic mass is 16.6. The fraction of sp³-hybridized carbons (Fsp3) is 0.595. The lowest BCUT2D eigenvalue weighted by Crippen LogP contribution is -2.56. The summed E-state index contributed by atoms with van der Waals surface area (Å²) in [4.78, 5) is 77.5. The second kappa shape index (κ2) is 17.6. The zero-order valence-electron chi connectivity index (χ0n) is 31.3. The molecule has 1 aromatic carbocycles. The molecule has 6 rings (SSSR count). The largest absolute Gasteiger partial charge is 0.483 e. The summed E-state index contributed by atoms with van der Waals surface area (Å²) in [6.07, 6.45) is 6.09. The molecule has 3 aliphatic rings. The third kappa shape index (κ3) is 9.41. The van der Waals surface area contributed by atoms with Crippen LogP contribution in [0.4, 0.5) is 4.79 Å². The first-order valence-electron chi connectivity index (χ1n) is 19.0. The highest BCUT2D eigenvalue weighted by Gasteiger charge is 2.36. The molecule has 2 saturated heterocycles. The van der Waals surface area contributed by atoms with Crippen molar-refractivity contribution in [2.24, 2.45) is 7.05 Å². The number of ether oxygens (including phenoxy) is 2. The Kier molecular flexibility index (Phi) is 12.5. The lowest BCUT2D eigenvalue weighted by atomic mass is 9.93. The van der Waals surface area contributed by atoms with Gasteiger partial charge in [0.1, 0.15) is 23.5 Å². The molecule has 0 spiro atoms. The van der Waals surface area contributed by atoms with Gasteiger partial charge in [0.2, 0.25) is 11.8 Å². The molecule has 2 atom stereocenters. The zero-order valence-corrected chi connectivity index (χ0v) is 31.3. The quantitative estimate of drug-likeness (QED) is 0.229. The van der Waals surface area contributed by atoms with E-state index in [2.05, 4.69) is 31.0 Å². The van der Waals surface area contributed by atoms with Crippen LogP contribution in [0.2, 0.25) is 0 Å². The number of likely N-dealkylation sites (tertiary alicyclic amines) is 1. The van der Waals surface area contributed by atoms with Crippen molar-refractivity contribution < 1.29 is 33.4 Å². The number of pyridine rings is 1. The molecular weight excluding hydrogens is 696 g/mol. The molecule has 5 amide bonds. The number of piperazine rings is 1. The Morgan fingerprint density at radius 2 is 1.76 bits per heavy atom. The van der Waals surface area contributed by atoms with Crippen LogP contribution in [-0.2, 0) is 32.6 Å². The van der Waals surface area contributed by atoms with E-state index in [4.69, 9.17) is 9.47 Å². The highest BCUT2D eigenvalue weighted by Crippen LogP contribution is 2.28. The van der Waals surface area contributed by atoms with Gasteiger partial charge in [0.25, 0.3) is 11.8 Å². The Morgan fingerprint density at radius 3 is 2.46 bits per heavy atom. The summed E-state index contributed by atoms with van der Waals surface area (Å²) >= 11 is 0. The number of fused-ring (bicyclic) bond motifs is 1. The Morgan fingerprint density at radius 1 is 0.981 bits per heavy atom. The molecule has 3 aromatic rings. The molecule has 1 aliphatic carbocycles. The van der Waals surface area contributed by atoms with Gasteiger partial charge in [-0.2, -0.15) is 4.80 Å². The first-order chi connectivity index (χ1) is 26.1. The van der Waals surface area contributed by atoms with Crippen molar-refractivity contribution in [1.82, 2.24) is 50.5 Å². The van der Waals surface area contributed by atoms with Gasteiger partial charge in [-0.3, -0.25) is 19.2 Å². The number of nitrogens with zero attached hydrogens (tertiary/aromatic N) is 8. The maximum absolute atomic E-state index is 14.0. The number of benzene rings is 1. The van der Waals surface area contributed by atoms with Crippen LogP contribution in [-0.4, -0.2) is 134 Å². The Bertz CT molecular complexity index is 1840. The van der Waals surface area contributed by atoms with Gasteiger partial charge in [0.05, 0.1) is 19.2 Å². The molecule has 2 N–H and O–H groups in total. The summed E-state index contributed by atoms with van der Waals surface area (Å²) in [6, 6.07) is 5.68. The maximum Gasteiger partial charge on any atom is 0.409 e. The molecule has 290 valence electrons. The van der Waals surface area contributed by atoms with E-state index in [1.165, 1.54) is 10.9 Å². The molecule has 17 nitrogen and oxygen atoms in total. The van der Waals surface area contributed by atoms with E-state index in [9.17, 15) is 24.0 Å². The minimum Gasteiger partial charge on any atom is -0.483 e. The zero-order chi connectivity index (χ0) is 38.2. The molecule has 2 aliphatic heterocycles. The minimum absolute atomic E-state index is 0.00421. The summed E-state index contributed by atoms with van der Waals surface area (Å²) in [6.45, 7) is 5.56. The molecule has 1 saturated carbocycles. The van der Waals surface area contributed by atoms with Crippen LogP contribution in [0, 0.1) is 6.92 Å². The first-order valence-corrected chi connectivity index (χ1v) is 19.0. The molecule has 0 unspecified atom stereocenters. The second-order valence-corrected chi connectivity index (χ2v) is 14.2. The van der Waals surface area contributed by atoms with Gasteiger partial charge in [-0.05, 0) is 74.8 Å². The third-order valence-electron chi connectivity index (χ3n) is 10.2. The van der Waals surface area contributed by atoms with E-state index >= 15 is 0 Å². The number of aryl methyl sites for hydroxylation is 3. The second-order valence-electron chi connectivity index (χ2n) is 14.2. The first kappa shape index (κ1) is 38.4. The van der Waals surface area contributed by atoms with Crippen molar-refractivity contribution in [3.8, 4) is 5.75 Å². The summed E-state index contributed by atoms with van der Waals surface area (Å²) in [5.74, 6) is -0.662. The van der Waals surface area contributed by atoms with Crippen LogP contribution in [0.1, 0.15) is 80.2 Å². The van der Waals surface area contributed by atoms with Crippen molar-refractivity contribution in [3.63, 3.8) is 0 Å². The van der Waals surface area contributed by atoms with Gasteiger partial charge in [-0.1, -0.05) is 19.4 Å². The van der Waals surface area contributed by atoms with Crippen LogP contribution in [0.5, 0.6) is 5.75 Å². The normalized spacial score (nSPS) is 17.9. The number of hydrogen-bond donors (Lipinski definition) is 2. The van der Waals surface area contributed by atoms with E-state index in [0.717, 1.165) is 44.1 Å². The van der Waals surface area contributed by atoms with Crippen molar-refractivity contribution in [3.05, 3.63) is 41.3 Å². The van der Waals surface area contributed by atoms with Gasteiger partial charge in [0.15, 0.2) is 12.4 Å². The van der Waals surface area contributed by atoms with Gasteiger partial charge in [0, 0.05) is 56.6 Å². The Hall–Kier alpha value is -5.35. The van der Waals surface area contributed by atoms with Crippen LogP contribution in [0.15, 0.2) is 24.3 Å². The number of rotatable bonds is 14. The van der Waals surface area contributed by atoms with Crippen molar-refractivity contribution in [2.45, 2.75) is 89.8 Å². The number of unbranched alkanes of at least 4 members (excludes halogenated alkanes) is 1. The average molecular weight is 747 g/mol. The lowest BCUT2D eigenvalue weighted by Gasteiger charge is -2.36. The fourth-order valence-electron chi connectivity index (χ4n) is 6.86. The van der Waals surface area contributed by atoms with Gasteiger partial charge in [-0.25, -0.2) is 9.78 Å². The van der Waals surface area contributed by atoms with Crippen LogP contribution < -0.4 is 15.4 Å². The fourth-order valence-corrected chi connectivity index (χ4v) is 6.86. The Balaban J connectivity index is 1.16. The van der Waals surface area contributed by atoms with Crippen molar-refractivity contribution >= 4 is 40.6 Å². The smallest absolute Gasteiger partial charge is 0.409 e. The molecule has 2 aromatic heterocycles. The summed E-state index contributed by atoms with van der Waals surface area (Å²) in [5.41, 5.74) is 1.40. The van der Waals surface area contributed by atoms with Gasteiger partial charge in [-0.15, -0.1) is 10.2 Å². The third-order valence-corrected chi connectivity index (χ3v) is 10.2. The van der Waals surface area contributed by atoms with E-state index in [1.807, 2.05) is 32.0 Å². The lowest BCUT2D eigenvalue weighted by molar-refractivity contribution is -0.140. The monoisotopic (exact) mass is 746 g/mol. The number of carbonyl (C=O) groups excluding carboxylic acids is 5. The molecule has 0 radical (unpaired) electrons. The molecule has 0 bridgehead atoms. The SMILES string of the molecule is CCCCOC(=O)N1CCN(C(=O)[C@H](CCc2nnn(C)n2)NC(=O)c2cc(OCC(=O)N3CCC[C@H]3C(=O)NC3CCC3)c3ccc(C)cc3n2)CC1. The number of aromatic nitrogens is 5.